The summed E-state index contributed by atoms with van der Waals surface area (Å²) in [7, 11) is 0. The van der Waals surface area contributed by atoms with Crippen LogP contribution >= 0.6 is 15.9 Å². The molecule has 0 aliphatic rings. The second-order valence-electron chi connectivity index (χ2n) is 4.02. The summed E-state index contributed by atoms with van der Waals surface area (Å²) in [5.74, 6) is -2.38. The Morgan fingerprint density at radius 3 is 2.81 bits per heavy atom. The molecule has 0 unspecified atom stereocenters. The van der Waals surface area contributed by atoms with Crippen molar-refractivity contribution in [3.8, 4) is 0 Å². The lowest BCUT2D eigenvalue weighted by molar-refractivity contribution is 0.0690. The number of nitrogens with one attached hydrogen (secondary N) is 1. The zero-order chi connectivity index (χ0) is 15.4. The van der Waals surface area contributed by atoms with E-state index in [4.69, 9.17) is 5.11 Å². The molecule has 0 aliphatic heterocycles. The molecule has 2 rings (SSSR count). The third kappa shape index (κ3) is 3.63. The predicted molar refractivity (Wildman–Crippen MR) is 73.4 cm³/mol. The number of carboxylic acid groups (broad SMARTS) is 1. The molecule has 21 heavy (non-hydrogen) atoms. The molecule has 0 saturated heterocycles. The summed E-state index contributed by atoms with van der Waals surface area (Å²) in [5.41, 5.74) is -0.263. The molecule has 9 heteroatoms. The fourth-order valence-electron chi connectivity index (χ4n) is 1.59. The van der Waals surface area contributed by atoms with Crippen molar-refractivity contribution in [2.75, 3.05) is 6.54 Å². The Hall–Kier alpha value is -2.29. The van der Waals surface area contributed by atoms with E-state index >= 15 is 0 Å². The second-order valence-corrected chi connectivity index (χ2v) is 4.88. The molecule has 1 amide bonds. The molecule has 110 valence electrons. The SMILES string of the molecule is O=C(O)c1cn(CCNC(=O)c2c(F)cccc2Br)nn1. The molecule has 0 radical (unpaired) electrons. The van der Waals surface area contributed by atoms with Crippen LogP contribution in [0.25, 0.3) is 0 Å². The average Bonchev–Trinajstić information content (AvgIpc) is 2.87. The molecular weight excluding hydrogens is 347 g/mol. The average molecular weight is 357 g/mol. The van der Waals surface area contributed by atoms with Crippen LogP contribution in [0.5, 0.6) is 0 Å². The number of carboxylic acids is 1. The highest BCUT2D eigenvalue weighted by molar-refractivity contribution is 9.10. The molecule has 7 nitrogen and oxygen atoms in total. The van der Waals surface area contributed by atoms with E-state index in [2.05, 4.69) is 31.6 Å². The van der Waals surface area contributed by atoms with E-state index in [1.54, 1.807) is 6.07 Å². The lowest BCUT2D eigenvalue weighted by Gasteiger charge is -2.07. The molecule has 1 heterocycles. The van der Waals surface area contributed by atoms with Gasteiger partial charge in [0.15, 0.2) is 5.69 Å². The van der Waals surface area contributed by atoms with Crippen LogP contribution in [0.1, 0.15) is 20.8 Å². The number of amides is 1. The van der Waals surface area contributed by atoms with E-state index in [1.807, 2.05) is 0 Å². The Labute approximate surface area is 126 Å². The number of aromatic nitrogens is 3. The summed E-state index contributed by atoms with van der Waals surface area (Å²) >= 11 is 3.11. The number of aromatic carboxylic acids is 1. The third-order valence-corrected chi connectivity index (χ3v) is 3.23. The summed E-state index contributed by atoms with van der Waals surface area (Å²) in [6.07, 6.45) is 1.24. The molecule has 0 atom stereocenters. The first kappa shape index (κ1) is 15.1. The maximum atomic E-state index is 13.6. The lowest BCUT2D eigenvalue weighted by atomic mass is 10.2. The normalized spacial score (nSPS) is 10.4. The quantitative estimate of drug-likeness (QED) is 0.841. The van der Waals surface area contributed by atoms with E-state index in [1.165, 1.54) is 23.0 Å². The summed E-state index contributed by atoms with van der Waals surface area (Å²) in [4.78, 5) is 22.5. The molecule has 2 N–H and O–H groups in total. The van der Waals surface area contributed by atoms with E-state index in [9.17, 15) is 14.0 Å². The number of hydrogen-bond donors (Lipinski definition) is 2. The highest BCUT2D eigenvalue weighted by Crippen LogP contribution is 2.19. The maximum absolute atomic E-state index is 13.6. The van der Waals surface area contributed by atoms with Crippen molar-refractivity contribution in [1.82, 2.24) is 20.3 Å². The van der Waals surface area contributed by atoms with Crippen molar-refractivity contribution in [3.05, 3.63) is 45.9 Å². The molecule has 1 aromatic carbocycles. The standard InChI is InChI=1S/C12H10BrFN4O3/c13-7-2-1-3-8(14)10(7)11(19)15-4-5-18-6-9(12(20)21)16-17-18/h1-3,6H,4-5H2,(H,15,19)(H,20,21). The molecular formula is C12H10BrFN4O3. The molecule has 0 fully saturated rings. The Kier molecular flexibility index (Phi) is 4.63. The first-order valence-electron chi connectivity index (χ1n) is 5.84. The van der Waals surface area contributed by atoms with E-state index in [-0.39, 0.29) is 24.3 Å². The Morgan fingerprint density at radius 2 is 2.19 bits per heavy atom. The minimum absolute atomic E-state index is 0.0812. The van der Waals surface area contributed by atoms with E-state index in [0.717, 1.165) is 0 Å². The van der Waals surface area contributed by atoms with Crippen LogP contribution in [0, 0.1) is 5.82 Å². The zero-order valence-electron chi connectivity index (χ0n) is 10.6. The second kappa shape index (κ2) is 6.44. The number of hydrogen-bond acceptors (Lipinski definition) is 4. The molecule has 1 aromatic heterocycles. The third-order valence-electron chi connectivity index (χ3n) is 2.57. The summed E-state index contributed by atoms with van der Waals surface area (Å²) < 4.78 is 15.2. The van der Waals surface area contributed by atoms with Crippen LogP contribution in [0.3, 0.4) is 0 Å². The number of carbonyl (C=O) groups excluding carboxylic acids is 1. The molecule has 0 spiro atoms. The topological polar surface area (TPSA) is 97.1 Å². The first-order chi connectivity index (χ1) is 9.99. The van der Waals surface area contributed by atoms with Crippen LogP contribution in [-0.4, -0.2) is 38.5 Å². The van der Waals surface area contributed by atoms with Gasteiger partial charge in [0.2, 0.25) is 0 Å². The van der Waals surface area contributed by atoms with Crippen molar-refractivity contribution >= 4 is 27.8 Å². The summed E-state index contributed by atoms with van der Waals surface area (Å²) in [5, 5.41) is 18.2. The monoisotopic (exact) mass is 356 g/mol. The fraction of sp³-hybridized carbons (Fsp3) is 0.167. The Bertz CT molecular complexity index is 669. The number of halogens is 2. The molecule has 0 aliphatic carbocycles. The Morgan fingerprint density at radius 1 is 1.43 bits per heavy atom. The van der Waals surface area contributed by atoms with Gasteiger partial charge in [-0.2, -0.15) is 0 Å². The summed E-state index contributed by atoms with van der Waals surface area (Å²) in [6, 6.07) is 4.24. The predicted octanol–water partition coefficient (Wildman–Crippen LogP) is 1.31. The van der Waals surface area contributed by atoms with Crippen LogP contribution in [0.15, 0.2) is 28.9 Å². The van der Waals surface area contributed by atoms with Gasteiger partial charge in [-0.25, -0.2) is 13.9 Å². The van der Waals surface area contributed by atoms with Crippen molar-refractivity contribution in [2.45, 2.75) is 6.54 Å². The van der Waals surface area contributed by atoms with Crippen LogP contribution in [0.4, 0.5) is 4.39 Å². The number of carbonyl (C=O) groups is 2. The fourth-order valence-corrected chi connectivity index (χ4v) is 2.11. The van der Waals surface area contributed by atoms with Gasteiger partial charge < -0.3 is 10.4 Å². The van der Waals surface area contributed by atoms with Gasteiger partial charge in [-0.1, -0.05) is 11.3 Å². The molecule has 0 saturated carbocycles. The van der Waals surface area contributed by atoms with Crippen molar-refractivity contribution in [1.29, 1.82) is 0 Å². The van der Waals surface area contributed by atoms with Crippen molar-refractivity contribution in [2.24, 2.45) is 0 Å². The number of nitrogens with zero attached hydrogens (tertiary/aromatic N) is 3. The molecule has 0 bridgehead atoms. The van der Waals surface area contributed by atoms with Crippen molar-refractivity contribution in [3.63, 3.8) is 0 Å². The van der Waals surface area contributed by atoms with Gasteiger partial charge in [0.25, 0.3) is 5.91 Å². The highest BCUT2D eigenvalue weighted by atomic mass is 79.9. The number of rotatable bonds is 5. The van der Waals surface area contributed by atoms with Crippen LogP contribution < -0.4 is 5.32 Å². The highest BCUT2D eigenvalue weighted by Gasteiger charge is 2.15. The van der Waals surface area contributed by atoms with E-state index in [0.29, 0.717) is 4.47 Å². The smallest absolute Gasteiger partial charge is 0.358 e. The maximum Gasteiger partial charge on any atom is 0.358 e. The van der Waals surface area contributed by atoms with Gasteiger partial charge >= 0.3 is 5.97 Å². The largest absolute Gasteiger partial charge is 0.476 e. The van der Waals surface area contributed by atoms with E-state index < -0.39 is 17.7 Å². The lowest BCUT2D eigenvalue weighted by Crippen LogP contribution is -2.28. The van der Waals surface area contributed by atoms with Crippen LogP contribution in [0.2, 0.25) is 0 Å². The van der Waals surface area contributed by atoms with Gasteiger partial charge in [0.05, 0.1) is 18.3 Å². The van der Waals surface area contributed by atoms with Gasteiger partial charge in [0, 0.05) is 11.0 Å². The zero-order valence-corrected chi connectivity index (χ0v) is 12.2. The van der Waals surface area contributed by atoms with Crippen molar-refractivity contribution < 1.29 is 19.1 Å². The minimum Gasteiger partial charge on any atom is -0.476 e. The Balaban J connectivity index is 1.94. The van der Waals surface area contributed by atoms with Gasteiger partial charge in [0.1, 0.15) is 5.82 Å². The summed E-state index contributed by atoms with van der Waals surface area (Å²) in [6.45, 7) is 0.375. The molecule has 2 aromatic rings. The first-order valence-corrected chi connectivity index (χ1v) is 6.64. The van der Waals surface area contributed by atoms with Crippen LogP contribution in [-0.2, 0) is 6.54 Å². The minimum atomic E-state index is -1.18. The van der Waals surface area contributed by atoms with Gasteiger partial charge in [-0.05, 0) is 28.1 Å². The van der Waals surface area contributed by atoms with Gasteiger partial charge in [-0.15, -0.1) is 5.10 Å². The van der Waals surface area contributed by atoms with Gasteiger partial charge in [-0.3, -0.25) is 4.79 Å². The number of benzene rings is 1.